The van der Waals surface area contributed by atoms with Gasteiger partial charge in [0.1, 0.15) is 5.75 Å². The van der Waals surface area contributed by atoms with E-state index in [9.17, 15) is 8.78 Å². The second-order valence-corrected chi connectivity index (χ2v) is 5.65. The SMILES string of the molecule is Cc1nn(C)cc1-c1nnc(-c2cc(Br)ccc2OC(F)F)o1. The highest BCUT2D eigenvalue weighted by Gasteiger charge is 2.19. The van der Waals surface area contributed by atoms with Crippen molar-refractivity contribution in [2.45, 2.75) is 13.5 Å². The maximum absolute atomic E-state index is 12.5. The Bertz CT molecular complexity index is 847. The van der Waals surface area contributed by atoms with Crippen LogP contribution in [0.15, 0.2) is 33.3 Å². The zero-order valence-electron chi connectivity index (χ0n) is 12.1. The number of benzene rings is 1. The molecule has 9 heteroatoms. The lowest BCUT2D eigenvalue weighted by atomic mass is 10.2. The molecule has 120 valence electrons. The fourth-order valence-electron chi connectivity index (χ4n) is 2.12. The summed E-state index contributed by atoms with van der Waals surface area (Å²) in [5, 5.41) is 12.1. The highest BCUT2D eigenvalue weighted by atomic mass is 79.9. The van der Waals surface area contributed by atoms with Gasteiger partial charge >= 0.3 is 6.61 Å². The first-order valence-electron chi connectivity index (χ1n) is 6.53. The van der Waals surface area contributed by atoms with Crippen molar-refractivity contribution in [1.82, 2.24) is 20.0 Å². The van der Waals surface area contributed by atoms with Crippen molar-refractivity contribution in [3.05, 3.63) is 34.6 Å². The highest BCUT2D eigenvalue weighted by Crippen LogP contribution is 2.34. The third kappa shape index (κ3) is 3.24. The molecule has 6 nitrogen and oxygen atoms in total. The Morgan fingerprint density at radius 1 is 1.22 bits per heavy atom. The number of nitrogens with zero attached hydrogens (tertiary/aromatic N) is 4. The molecule has 0 saturated heterocycles. The Kier molecular flexibility index (Phi) is 4.12. The number of halogens is 3. The number of aromatic nitrogens is 4. The van der Waals surface area contributed by atoms with Crippen LogP contribution in [0.5, 0.6) is 5.75 Å². The summed E-state index contributed by atoms with van der Waals surface area (Å²) in [5.74, 6) is 0.301. The molecular formula is C14H11BrF2N4O2. The third-order valence-corrected chi connectivity index (χ3v) is 3.55. The van der Waals surface area contributed by atoms with Crippen molar-refractivity contribution in [2.75, 3.05) is 0 Å². The van der Waals surface area contributed by atoms with Crippen molar-refractivity contribution in [3.63, 3.8) is 0 Å². The lowest BCUT2D eigenvalue weighted by Gasteiger charge is -2.08. The number of alkyl halides is 2. The van der Waals surface area contributed by atoms with E-state index in [0.29, 0.717) is 10.0 Å². The molecule has 0 aliphatic heterocycles. The Balaban J connectivity index is 2.03. The van der Waals surface area contributed by atoms with E-state index in [1.165, 1.54) is 6.07 Å². The summed E-state index contributed by atoms with van der Waals surface area (Å²) in [5.41, 5.74) is 1.68. The van der Waals surface area contributed by atoms with Crippen LogP contribution in [-0.4, -0.2) is 26.6 Å². The van der Waals surface area contributed by atoms with Crippen LogP contribution in [-0.2, 0) is 7.05 Å². The van der Waals surface area contributed by atoms with Crippen LogP contribution in [0.25, 0.3) is 22.9 Å². The topological polar surface area (TPSA) is 66.0 Å². The van der Waals surface area contributed by atoms with Gasteiger partial charge in [-0.2, -0.15) is 13.9 Å². The molecular weight excluding hydrogens is 374 g/mol. The summed E-state index contributed by atoms with van der Waals surface area (Å²) >= 11 is 3.28. The molecule has 0 spiro atoms. The van der Waals surface area contributed by atoms with Gasteiger partial charge in [0.2, 0.25) is 0 Å². The molecule has 0 aliphatic rings. The zero-order chi connectivity index (χ0) is 16.6. The first-order chi connectivity index (χ1) is 10.9. The first-order valence-corrected chi connectivity index (χ1v) is 7.32. The summed E-state index contributed by atoms with van der Waals surface area (Å²) < 4.78 is 37.5. The van der Waals surface area contributed by atoms with E-state index in [2.05, 4.69) is 36.0 Å². The molecule has 0 unspecified atom stereocenters. The molecule has 2 aromatic heterocycles. The van der Waals surface area contributed by atoms with Gasteiger partial charge in [-0.15, -0.1) is 10.2 Å². The minimum absolute atomic E-state index is 0.0405. The van der Waals surface area contributed by atoms with E-state index < -0.39 is 6.61 Å². The van der Waals surface area contributed by atoms with Crippen molar-refractivity contribution >= 4 is 15.9 Å². The molecule has 0 N–H and O–H groups in total. The molecule has 0 bridgehead atoms. The van der Waals surface area contributed by atoms with E-state index in [1.54, 1.807) is 30.1 Å². The summed E-state index contributed by atoms with van der Waals surface area (Å²) in [6.07, 6.45) is 1.74. The lowest BCUT2D eigenvalue weighted by molar-refractivity contribution is -0.0495. The fraction of sp³-hybridized carbons (Fsp3) is 0.214. The maximum atomic E-state index is 12.5. The average Bonchev–Trinajstić information content (AvgIpc) is 3.06. The average molecular weight is 385 g/mol. The predicted molar refractivity (Wildman–Crippen MR) is 81.0 cm³/mol. The molecule has 0 atom stereocenters. The smallest absolute Gasteiger partial charge is 0.387 e. The summed E-state index contributed by atoms with van der Waals surface area (Å²) in [4.78, 5) is 0. The monoisotopic (exact) mass is 384 g/mol. The molecule has 0 fully saturated rings. The molecule has 0 aliphatic carbocycles. The van der Waals surface area contributed by atoms with Gasteiger partial charge in [0.15, 0.2) is 0 Å². The fourth-order valence-corrected chi connectivity index (χ4v) is 2.48. The van der Waals surface area contributed by atoms with Crippen LogP contribution < -0.4 is 4.74 Å². The predicted octanol–water partition coefficient (Wildman–Crippen LogP) is 3.81. The maximum Gasteiger partial charge on any atom is 0.387 e. The van der Waals surface area contributed by atoms with Gasteiger partial charge in [-0.1, -0.05) is 15.9 Å². The van der Waals surface area contributed by atoms with Gasteiger partial charge in [-0.3, -0.25) is 4.68 Å². The number of ether oxygens (including phenoxy) is 1. The van der Waals surface area contributed by atoms with Gasteiger partial charge in [0.25, 0.3) is 11.8 Å². The van der Waals surface area contributed by atoms with Crippen molar-refractivity contribution in [2.24, 2.45) is 7.05 Å². The summed E-state index contributed by atoms with van der Waals surface area (Å²) in [6, 6.07) is 4.57. The molecule has 0 amide bonds. The Hall–Kier alpha value is -2.29. The van der Waals surface area contributed by atoms with Crippen molar-refractivity contribution in [1.29, 1.82) is 0 Å². The van der Waals surface area contributed by atoms with Crippen LogP contribution in [0.1, 0.15) is 5.69 Å². The second-order valence-electron chi connectivity index (χ2n) is 4.73. The number of aryl methyl sites for hydroxylation is 2. The summed E-state index contributed by atoms with van der Waals surface area (Å²) in [6.45, 7) is -1.14. The Labute approximate surface area is 138 Å². The van der Waals surface area contributed by atoms with Crippen LogP contribution in [0.4, 0.5) is 8.78 Å². The number of rotatable bonds is 4. The van der Waals surface area contributed by atoms with E-state index in [4.69, 9.17) is 4.42 Å². The van der Waals surface area contributed by atoms with Gasteiger partial charge in [0.05, 0.1) is 16.8 Å². The van der Waals surface area contributed by atoms with Crippen LogP contribution in [0.3, 0.4) is 0 Å². The van der Waals surface area contributed by atoms with E-state index >= 15 is 0 Å². The molecule has 2 heterocycles. The Morgan fingerprint density at radius 3 is 2.52 bits per heavy atom. The first kappa shape index (κ1) is 15.6. The Morgan fingerprint density at radius 2 is 1.91 bits per heavy atom. The van der Waals surface area contributed by atoms with Gasteiger partial charge in [0, 0.05) is 17.7 Å². The molecule has 0 saturated carbocycles. The van der Waals surface area contributed by atoms with Crippen molar-refractivity contribution < 1.29 is 17.9 Å². The molecule has 3 rings (SSSR count). The molecule has 3 aromatic rings. The molecule has 1 aromatic carbocycles. The number of hydrogen-bond donors (Lipinski definition) is 0. The second kappa shape index (κ2) is 6.07. The minimum atomic E-state index is -2.95. The van der Waals surface area contributed by atoms with Crippen molar-refractivity contribution in [3.8, 4) is 28.7 Å². The highest BCUT2D eigenvalue weighted by molar-refractivity contribution is 9.10. The minimum Gasteiger partial charge on any atom is -0.434 e. The van der Waals surface area contributed by atoms with Crippen LogP contribution in [0.2, 0.25) is 0 Å². The quantitative estimate of drug-likeness (QED) is 0.684. The third-order valence-electron chi connectivity index (χ3n) is 3.06. The normalized spacial score (nSPS) is 11.2. The van der Waals surface area contributed by atoms with E-state index in [1.807, 2.05) is 6.92 Å². The van der Waals surface area contributed by atoms with Gasteiger partial charge in [-0.25, -0.2) is 0 Å². The van der Waals surface area contributed by atoms with Crippen LogP contribution >= 0.6 is 15.9 Å². The van der Waals surface area contributed by atoms with Crippen LogP contribution in [0, 0.1) is 6.92 Å². The van der Waals surface area contributed by atoms with E-state index in [-0.39, 0.29) is 23.1 Å². The summed E-state index contributed by atoms with van der Waals surface area (Å²) in [7, 11) is 1.77. The molecule has 23 heavy (non-hydrogen) atoms. The molecule has 0 radical (unpaired) electrons. The largest absolute Gasteiger partial charge is 0.434 e. The van der Waals surface area contributed by atoms with E-state index in [0.717, 1.165) is 5.69 Å². The lowest BCUT2D eigenvalue weighted by Crippen LogP contribution is -2.03. The zero-order valence-corrected chi connectivity index (χ0v) is 13.7. The van der Waals surface area contributed by atoms with Gasteiger partial charge < -0.3 is 9.15 Å². The van der Waals surface area contributed by atoms with Gasteiger partial charge in [-0.05, 0) is 25.1 Å². The standard InChI is InChI=1S/C14H11BrF2N4O2/c1-7-10(6-21(2)20-7)13-19-18-12(23-13)9-5-8(15)3-4-11(9)22-14(16)17/h3-6,14H,1-2H3. The number of hydrogen-bond acceptors (Lipinski definition) is 5.